The third-order valence-corrected chi connectivity index (χ3v) is 1.66. The van der Waals surface area contributed by atoms with Crippen LogP contribution in [0.5, 0.6) is 0 Å². The fourth-order valence-electron chi connectivity index (χ4n) is 0.994. The summed E-state index contributed by atoms with van der Waals surface area (Å²) in [4.78, 5) is 11.2. The maximum atomic E-state index is 11.2. The molecular weight excluding hydrogens is 174 g/mol. The van der Waals surface area contributed by atoms with Gasteiger partial charge in [-0.25, -0.2) is 0 Å². The van der Waals surface area contributed by atoms with Crippen molar-refractivity contribution < 1.29 is 21.8 Å². The lowest BCUT2D eigenvalue weighted by atomic mass is 10.2. The number of carbonyl (C=O) groups is 1. The van der Waals surface area contributed by atoms with E-state index in [1.165, 1.54) is 0 Å². The van der Waals surface area contributed by atoms with Gasteiger partial charge in [-0.3, -0.25) is 4.79 Å². The Morgan fingerprint density at radius 3 is 2.67 bits per heavy atom. The molecule has 0 saturated carbocycles. The summed E-state index contributed by atoms with van der Waals surface area (Å²) in [6.45, 7) is 1.87. The fourth-order valence-corrected chi connectivity index (χ4v) is 0.994. The molecule has 1 aromatic heterocycles. The standard InChI is InChI=1S/C9H12NO.ClH/c1-3-9(11)8-6-4-5-7-10(8)2;/h4-7H,3H2,1-2H3;1H/q+1;/p-1. The maximum absolute atomic E-state index is 11.2. The Kier molecular flexibility index (Phi) is 4.52. The van der Waals surface area contributed by atoms with E-state index in [0.29, 0.717) is 6.42 Å². The first-order valence-corrected chi connectivity index (χ1v) is 3.73. The van der Waals surface area contributed by atoms with E-state index < -0.39 is 0 Å². The van der Waals surface area contributed by atoms with Gasteiger partial charge in [0.15, 0.2) is 6.20 Å². The summed E-state index contributed by atoms with van der Waals surface area (Å²) in [7, 11) is 1.88. The van der Waals surface area contributed by atoms with Crippen molar-refractivity contribution in [1.82, 2.24) is 0 Å². The smallest absolute Gasteiger partial charge is 0.248 e. The molecule has 0 saturated heterocycles. The summed E-state index contributed by atoms with van der Waals surface area (Å²) < 4.78 is 1.84. The van der Waals surface area contributed by atoms with Gasteiger partial charge in [0, 0.05) is 18.6 Å². The van der Waals surface area contributed by atoms with Crippen LogP contribution in [-0.2, 0) is 7.05 Å². The van der Waals surface area contributed by atoms with Gasteiger partial charge in [0.1, 0.15) is 7.05 Å². The van der Waals surface area contributed by atoms with Crippen molar-refractivity contribution >= 4 is 5.78 Å². The first kappa shape index (κ1) is 11.1. The maximum Gasteiger partial charge on any atom is 0.248 e. The molecule has 0 aromatic carbocycles. The van der Waals surface area contributed by atoms with E-state index in [9.17, 15) is 4.79 Å². The van der Waals surface area contributed by atoms with Crippen molar-refractivity contribution in [2.24, 2.45) is 7.05 Å². The molecule has 3 heteroatoms. The molecule has 0 atom stereocenters. The lowest BCUT2D eigenvalue weighted by molar-refractivity contribution is -0.673. The zero-order valence-electron chi connectivity index (χ0n) is 7.25. The largest absolute Gasteiger partial charge is 1.00 e. The van der Waals surface area contributed by atoms with Gasteiger partial charge < -0.3 is 12.4 Å². The number of halogens is 1. The predicted octanol–water partition coefficient (Wildman–Crippen LogP) is -1.89. The summed E-state index contributed by atoms with van der Waals surface area (Å²) in [6.07, 6.45) is 2.45. The molecule has 0 aliphatic carbocycles. The molecule has 0 bridgehead atoms. The van der Waals surface area contributed by atoms with Crippen molar-refractivity contribution in [2.45, 2.75) is 13.3 Å². The topological polar surface area (TPSA) is 20.9 Å². The molecular formula is C9H12ClNO. The molecule has 0 amide bonds. The van der Waals surface area contributed by atoms with Crippen LogP contribution in [0.4, 0.5) is 0 Å². The minimum absolute atomic E-state index is 0. The van der Waals surface area contributed by atoms with Crippen LogP contribution in [0.1, 0.15) is 23.8 Å². The highest BCUT2D eigenvalue weighted by Crippen LogP contribution is 1.95. The molecule has 0 radical (unpaired) electrons. The van der Waals surface area contributed by atoms with Gasteiger partial charge in [-0.15, -0.1) is 0 Å². The lowest BCUT2D eigenvalue weighted by Crippen LogP contribution is -3.00. The summed E-state index contributed by atoms with van der Waals surface area (Å²) in [5.74, 6) is 0.188. The number of Topliss-reactive ketones (excluding diaryl/α,β-unsaturated/α-hetero) is 1. The van der Waals surface area contributed by atoms with Crippen LogP contribution in [0.2, 0.25) is 0 Å². The quantitative estimate of drug-likeness (QED) is 0.390. The second kappa shape index (κ2) is 4.88. The normalized spacial score (nSPS) is 8.83. The molecule has 0 aliphatic rings. The molecule has 0 fully saturated rings. The molecule has 1 aromatic rings. The number of hydrogen-bond donors (Lipinski definition) is 0. The van der Waals surface area contributed by atoms with Gasteiger partial charge in [-0.05, 0) is 6.07 Å². The average molecular weight is 186 g/mol. The second-order valence-electron chi connectivity index (χ2n) is 2.47. The third-order valence-electron chi connectivity index (χ3n) is 1.66. The van der Waals surface area contributed by atoms with Gasteiger partial charge in [-0.2, -0.15) is 4.57 Å². The summed E-state index contributed by atoms with van der Waals surface area (Å²) in [6, 6.07) is 5.63. The van der Waals surface area contributed by atoms with Crippen LogP contribution in [0.15, 0.2) is 24.4 Å². The average Bonchev–Trinajstić information content (AvgIpc) is 2.04. The number of ketones is 1. The Morgan fingerprint density at radius 2 is 2.17 bits per heavy atom. The van der Waals surface area contributed by atoms with Gasteiger partial charge in [0.25, 0.3) is 0 Å². The van der Waals surface area contributed by atoms with E-state index >= 15 is 0 Å². The van der Waals surface area contributed by atoms with E-state index in [-0.39, 0.29) is 18.2 Å². The second-order valence-corrected chi connectivity index (χ2v) is 2.47. The highest BCUT2D eigenvalue weighted by atomic mass is 35.5. The summed E-state index contributed by atoms with van der Waals surface area (Å²) >= 11 is 0. The van der Waals surface area contributed by atoms with Crippen molar-refractivity contribution in [3.63, 3.8) is 0 Å². The van der Waals surface area contributed by atoms with E-state index in [1.54, 1.807) is 0 Å². The monoisotopic (exact) mass is 185 g/mol. The first-order chi connectivity index (χ1) is 5.25. The third kappa shape index (κ3) is 2.31. The fraction of sp³-hybridized carbons (Fsp3) is 0.333. The van der Waals surface area contributed by atoms with Gasteiger partial charge in [0.2, 0.25) is 11.5 Å². The van der Waals surface area contributed by atoms with E-state index in [0.717, 1.165) is 5.69 Å². The number of carbonyl (C=O) groups excluding carboxylic acids is 1. The molecule has 0 unspecified atom stereocenters. The number of aryl methyl sites for hydroxylation is 1. The van der Waals surface area contributed by atoms with Crippen LogP contribution < -0.4 is 17.0 Å². The van der Waals surface area contributed by atoms with E-state index in [1.807, 2.05) is 42.9 Å². The zero-order valence-corrected chi connectivity index (χ0v) is 8.01. The van der Waals surface area contributed by atoms with Crippen LogP contribution in [-0.4, -0.2) is 5.78 Å². The van der Waals surface area contributed by atoms with Crippen molar-refractivity contribution in [3.8, 4) is 0 Å². The molecule has 1 rings (SSSR count). The summed E-state index contributed by atoms with van der Waals surface area (Å²) in [5.41, 5.74) is 0.773. The number of rotatable bonds is 2. The zero-order chi connectivity index (χ0) is 8.27. The van der Waals surface area contributed by atoms with E-state index in [2.05, 4.69) is 0 Å². The Balaban J connectivity index is 0.00000121. The number of nitrogens with zero attached hydrogens (tertiary/aromatic N) is 1. The predicted molar refractivity (Wildman–Crippen MR) is 42.2 cm³/mol. The molecule has 66 valence electrons. The SMILES string of the molecule is CCC(=O)c1cccc[n+]1C.[Cl-]. The number of aromatic nitrogens is 1. The molecule has 0 spiro atoms. The van der Waals surface area contributed by atoms with Crippen molar-refractivity contribution in [2.75, 3.05) is 0 Å². The highest BCUT2D eigenvalue weighted by Gasteiger charge is 2.11. The van der Waals surface area contributed by atoms with Crippen LogP contribution in [0.25, 0.3) is 0 Å². The minimum atomic E-state index is 0. The molecule has 0 aliphatic heterocycles. The van der Waals surface area contributed by atoms with Gasteiger partial charge >= 0.3 is 0 Å². The Labute approximate surface area is 78.6 Å². The van der Waals surface area contributed by atoms with Gasteiger partial charge in [0.05, 0.1) is 0 Å². The molecule has 0 N–H and O–H groups in total. The Morgan fingerprint density at radius 1 is 1.50 bits per heavy atom. The van der Waals surface area contributed by atoms with Crippen LogP contribution in [0, 0.1) is 0 Å². The minimum Gasteiger partial charge on any atom is -1.00 e. The number of pyridine rings is 1. The lowest BCUT2D eigenvalue weighted by Gasteiger charge is -1.94. The van der Waals surface area contributed by atoms with Crippen molar-refractivity contribution in [3.05, 3.63) is 30.1 Å². The molecule has 2 nitrogen and oxygen atoms in total. The van der Waals surface area contributed by atoms with E-state index in [4.69, 9.17) is 0 Å². The highest BCUT2D eigenvalue weighted by molar-refractivity contribution is 5.92. The molecule has 1 heterocycles. The van der Waals surface area contributed by atoms with Crippen molar-refractivity contribution in [1.29, 1.82) is 0 Å². The van der Waals surface area contributed by atoms with Gasteiger partial charge in [-0.1, -0.05) is 6.92 Å². The Bertz CT molecular complexity index is 273. The first-order valence-electron chi connectivity index (χ1n) is 3.73. The van der Waals surface area contributed by atoms with Crippen LogP contribution in [0.3, 0.4) is 0 Å². The summed E-state index contributed by atoms with van der Waals surface area (Å²) in [5, 5.41) is 0. The Hall–Kier alpha value is -0.890. The number of hydrogen-bond acceptors (Lipinski definition) is 1. The van der Waals surface area contributed by atoms with Crippen LogP contribution >= 0.6 is 0 Å². The molecule has 12 heavy (non-hydrogen) atoms.